The lowest BCUT2D eigenvalue weighted by Crippen LogP contribution is -2.60. The quantitative estimate of drug-likeness (QED) is 0.155. The summed E-state index contributed by atoms with van der Waals surface area (Å²) >= 11 is 4.01. The predicted molar refractivity (Wildman–Crippen MR) is 103 cm³/mol. The normalized spacial score (nSPS) is 17.4. The summed E-state index contributed by atoms with van der Waals surface area (Å²) in [6, 6.07) is -5.08. The number of hydrogen-bond donors (Lipinski definition) is 8. The van der Waals surface area contributed by atoms with Gasteiger partial charge in [0.2, 0.25) is 17.7 Å². The van der Waals surface area contributed by atoms with Crippen LogP contribution in [0.2, 0.25) is 0 Å². The Morgan fingerprint density at radius 1 is 1.00 bits per heavy atom. The summed E-state index contributed by atoms with van der Waals surface area (Å²) in [5.74, 6) is -4.08. The highest BCUT2D eigenvalue weighted by molar-refractivity contribution is 7.80. The SMILES string of the molecule is CCC(C)C(N)C(=O)NC(CS)C(=O)NC(C(=O)NC(CO)C(=O)O)C(C)O. The first-order chi connectivity index (χ1) is 13.0. The van der Waals surface area contributed by atoms with Gasteiger partial charge in [0.1, 0.15) is 18.1 Å². The van der Waals surface area contributed by atoms with Gasteiger partial charge in [-0.05, 0) is 12.8 Å². The van der Waals surface area contributed by atoms with Gasteiger partial charge < -0.3 is 37.0 Å². The largest absolute Gasteiger partial charge is 0.480 e. The second-order valence-corrected chi connectivity index (χ2v) is 6.83. The maximum Gasteiger partial charge on any atom is 0.328 e. The van der Waals surface area contributed by atoms with E-state index in [1.54, 1.807) is 6.92 Å². The number of rotatable bonds is 12. The van der Waals surface area contributed by atoms with Gasteiger partial charge in [0.05, 0.1) is 18.8 Å². The fraction of sp³-hybridized carbons (Fsp3) is 0.750. The molecule has 11 nitrogen and oxygen atoms in total. The first-order valence-electron chi connectivity index (χ1n) is 8.79. The Labute approximate surface area is 168 Å². The lowest BCUT2D eigenvalue weighted by molar-refractivity contribution is -0.144. The van der Waals surface area contributed by atoms with E-state index in [-0.39, 0.29) is 11.7 Å². The van der Waals surface area contributed by atoms with Crippen molar-refractivity contribution < 1.29 is 34.5 Å². The highest BCUT2D eigenvalue weighted by atomic mass is 32.1. The molecule has 3 amide bonds. The van der Waals surface area contributed by atoms with Gasteiger partial charge in [0.15, 0.2) is 0 Å². The minimum absolute atomic E-state index is 0.104. The Morgan fingerprint density at radius 3 is 1.93 bits per heavy atom. The number of aliphatic hydroxyl groups is 2. The van der Waals surface area contributed by atoms with Gasteiger partial charge in [0, 0.05) is 5.75 Å². The second kappa shape index (κ2) is 12.5. The number of nitrogens with one attached hydrogen (secondary N) is 3. The van der Waals surface area contributed by atoms with Crippen LogP contribution in [0.4, 0.5) is 0 Å². The minimum atomic E-state index is -1.60. The van der Waals surface area contributed by atoms with Crippen molar-refractivity contribution in [1.82, 2.24) is 16.0 Å². The first-order valence-corrected chi connectivity index (χ1v) is 9.42. The second-order valence-electron chi connectivity index (χ2n) is 6.46. The van der Waals surface area contributed by atoms with Gasteiger partial charge in [-0.1, -0.05) is 20.3 Å². The third kappa shape index (κ3) is 8.00. The minimum Gasteiger partial charge on any atom is -0.480 e. The van der Waals surface area contributed by atoms with E-state index < -0.39 is 60.6 Å². The van der Waals surface area contributed by atoms with Crippen molar-refractivity contribution in [3.05, 3.63) is 0 Å². The molecule has 6 unspecified atom stereocenters. The molecule has 0 spiro atoms. The van der Waals surface area contributed by atoms with E-state index in [4.69, 9.17) is 15.9 Å². The van der Waals surface area contributed by atoms with Crippen molar-refractivity contribution in [1.29, 1.82) is 0 Å². The Hall–Kier alpha value is -1.89. The standard InChI is InChI=1S/C16H30N4O7S/c1-4-7(2)11(17)14(24)19-10(6-28)13(23)20-12(8(3)22)15(25)18-9(5-21)16(26)27/h7-12,21-22,28H,4-6,17H2,1-3H3,(H,18,25)(H,19,24)(H,20,23)(H,26,27). The zero-order valence-electron chi connectivity index (χ0n) is 16.1. The molecule has 162 valence electrons. The zero-order valence-corrected chi connectivity index (χ0v) is 17.0. The molecular formula is C16H30N4O7S. The molecule has 8 N–H and O–H groups in total. The molecule has 12 heteroatoms. The highest BCUT2D eigenvalue weighted by Gasteiger charge is 2.32. The van der Waals surface area contributed by atoms with Crippen molar-refractivity contribution in [2.45, 2.75) is 57.5 Å². The molecule has 0 aromatic carbocycles. The molecule has 0 aliphatic heterocycles. The Balaban J connectivity index is 5.12. The summed E-state index contributed by atoms with van der Waals surface area (Å²) in [7, 11) is 0. The van der Waals surface area contributed by atoms with Crippen LogP contribution in [-0.2, 0) is 19.2 Å². The van der Waals surface area contributed by atoms with E-state index in [2.05, 4.69) is 23.3 Å². The summed E-state index contributed by atoms with van der Waals surface area (Å²) in [5, 5.41) is 34.3. The lowest BCUT2D eigenvalue weighted by atomic mass is 9.99. The number of carboxylic acids is 1. The number of aliphatic hydroxyl groups excluding tert-OH is 2. The summed E-state index contributed by atoms with van der Waals surface area (Å²) in [4.78, 5) is 47.6. The maximum absolute atomic E-state index is 12.4. The Kier molecular flexibility index (Phi) is 11.7. The van der Waals surface area contributed by atoms with Crippen LogP contribution >= 0.6 is 12.6 Å². The molecule has 6 atom stereocenters. The molecule has 0 fully saturated rings. The van der Waals surface area contributed by atoms with Gasteiger partial charge in [-0.2, -0.15) is 12.6 Å². The van der Waals surface area contributed by atoms with Crippen LogP contribution in [0.1, 0.15) is 27.2 Å². The fourth-order valence-electron chi connectivity index (χ4n) is 2.08. The number of carboxylic acid groups (broad SMARTS) is 1. The summed E-state index contributed by atoms with van der Waals surface area (Å²) in [5.41, 5.74) is 5.82. The van der Waals surface area contributed by atoms with Crippen molar-refractivity contribution in [3.63, 3.8) is 0 Å². The highest BCUT2D eigenvalue weighted by Crippen LogP contribution is 2.06. The van der Waals surface area contributed by atoms with Crippen LogP contribution in [-0.4, -0.2) is 81.6 Å². The molecule has 0 heterocycles. The lowest BCUT2D eigenvalue weighted by Gasteiger charge is -2.26. The topological polar surface area (TPSA) is 191 Å². The summed E-state index contributed by atoms with van der Waals surface area (Å²) in [6.07, 6.45) is -0.720. The van der Waals surface area contributed by atoms with E-state index in [9.17, 15) is 24.3 Å². The van der Waals surface area contributed by atoms with E-state index in [0.29, 0.717) is 6.42 Å². The van der Waals surface area contributed by atoms with Gasteiger partial charge >= 0.3 is 5.97 Å². The van der Waals surface area contributed by atoms with Crippen molar-refractivity contribution >= 4 is 36.3 Å². The molecule has 0 bridgehead atoms. The van der Waals surface area contributed by atoms with Crippen LogP contribution in [0, 0.1) is 5.92 Å². The van der Waals surface area contributed by atoms with Crippen LogP contribution in [0.3, 0.4) is 0 Å². The predicted octanol–water partition coefficient (Wildman–Crippen LogP) is -2.80. The third-order valence-corrected chi connectivity index (χ3v) is 4.60. The van der Waals surface area contributed by atoms with Gasteiger partial charge in [-0.25, -0.2) is 4.79 Å². The van der Waals surface area contributed by atoms with Crippen molar-refractivity contribution in [2.24, 2.45) is 11.7 Å². The number of thiol groups is 1. The number of carbonyl (C=O) groups is 4. The Morgan fingerprint density at radius 2 is 1.54 bits per heavy atom. The van der Waals surface area contributed by atoms with Crippen LogP contribution in [0.15, 0.2) is 0 Å². The molecule has 0 radical (unpaired) electrons. The molecule has 0 saturated carbocycles. The van der Waals surface area contributed by atoms with Gasteiger partial charge in [0.25, 0.3) is 0 Å². The molecule has 0 aromatic heterocycles. The number of amides is 3. The smallest absolute Gasteiger partial charge is 0.328 e. The fourth-order valence-corrected chi connectivity index (χ4v) is 2.34. The molecule has 0 rings (SSSR count). The molecule has 0 aliphatic rings. The van der Waals surface area contributed by atoms with Crippen LogP contribution in [0.5, 0.6) is 0 Å². The number of nitrogens with two attached hydrogens (primary N) is 1. The molecule has 0 saturated heterocycles. The van der Waals surface area contributed by atoms with E-state index >= 15 is 0 Å². The van der Waals surface area contributed by atoms with E-state index in [1.807, 2.05) is 12.2 Å². The van der Waals surface area contributed by atoms with Crippen LogP contribution in [0.25, 0.3) is 0 Å². The summed E-state index contributed by atoms with van der Waals surface area (Å²) < 4.78 is 0. The maximum atomic E-state index is 12.4. The van der Waals surface area contributed by atoms with Crippen LogP contribution < -0.4 is 21.7 Å². The molecule has 0 aliphatic carbocycles. The molecule has 0 aromatic rings. The van der Waals surface area contributed by atoms with Gasteiger partial charge in [-0.3, -0.25) is 14.4 Å². The summed E-state index contributed by atoms with van der Waals surface area (Å²) in [6.45, 7) is 3.99. The first kappa shape index (κ1) is 26.1. The van der Waals surface area contributed by atoms with Crippen molar-refractivity contribution in [2.75, 3.05) is 12.4 Å². The molecular weight excluding hydrogens is 392 g/mol. The van der Waals surface area contributed by atoms with Gasteiger partial charge in [-0.15, -0.1) is 0 Å². The average Bonchev–Trinajstić information content (AvgIpc) is 2.65. The molecule has 28 heavy (non-hydrogen) atoms. The zero-order chi connectivity index (χ0) is 22.0. The van der Waals surface area contributed by atoms with Crippen molar-refractivity contribution in [3.8, 4) is 0 Å². The average molecular weight is 423 g/mol. The number of carbonyl (C=O) groups excluding carboxylic acids is 3. The third-order valence-electron chi connectivity index (χ3n) is 4.24. The number of hydrogen-bond acceptors (Lipinski definition) is 8. The van der Waals surface area contributed by atoms with E-state index in [1.165, 1.54) is 6.92 Å². The Bertz CT molecular complexity index is 561. The van der Waals surface area contributed by atoms with E-state index in [0.717, 1.165) is 0 Å². The monoisotopic (exact) mass is 422 g/mol. The number of aliphatic carboxylic acids is 1.